The Morgan fingerprint density at radius 2 is 2.17 bits per heavy atom. The molecule has 2 rings (SSSR count). The molecular weight excluding hydrogens is 224 g/mol. The summed E-state index contributed by atoms with van der Waals surface area (Å²) in [6.07, 6.45) is 6.77. The van der Waals surface area contributed by atoms with Gasteiger partial charge < -0.3 is 9.88 Å². The van der Waals surface area contributed by atoms with Crippen molar-refractivity contribution in [3.05, 3.63) is 47.8 Å². The van der Waals surface area contributed by atoms with Gasteiger partial charge in [-0.25, -0.2) is 4.98 Å². The molecule has 2 aromatic heterocycles. The fourth-order valence-corrected chi connectivity index (χ4v) is 2.05. The van der Waals surface area contributed by atoms with Crippen molar-refractivity contribution in [2.24, 2.45) is 7.05 Å². The molecule has 0 aliphatic carbocycles. The average Bonchev–Trinajstić information content (AvgIpc) is 2.77. The summed E-state index contributed by atoms with van der Waals surface area (Å²) in [6, 6.07) is 4.29. The van der Waals surface area contributed by atoms with Crippen molar-refractivity contribution >= 4 is 0 Å². The van der Waals surface area contributed by atoms with Crippen LogP contribution in [0.1, 0.15) is 36.5 Å². The van der Waals surface area contributed by atoms with E-state index in [0.29, 0.717) is 0 Å². The number of rotatable bonds is 5. The Morgan fingerprint density at radius 1 is 1.33 bits per heavy atom. The van der Waals surface area contributed by atoms with Crippen LogP contribution in [0.5, 0.6) is 0 Å². The lowest BCUT2D eigenvalue weighted by molar-refractivity contribution is 0.555. The van der Waals surface area contributed by atoms with E-state index >= 15 is 0 Å². The maximum atomic E-state index is 4.46. The van der Waals surface area contributed by atoms with Crippen LogP contribution >= 0.6 is 0 Å². The summed E-state index contributed by atoms with van der Waals surface area (Å²) in [5.74, 6) is 1.04. The van der Waals surface area contributed by atoms with Gasteiger partial charge in [0.1, 0.15) is 5.82 Å². The van der Waals surface area contributed by atoms with Crippen LogP contribution in [0.3, 0.4) is 0 Å². The minimum Gasteiger partial charge on any atom is -0.336 e. The Labute approximate surface area is 108 Å². The van der Waals surface area contributed by atoms with Gasteiger partial charge in [0.25, 0.3) is 0 Å². The summed E-state index contributed by atoms with van der Waals surface area (Å²) in [7, 11) is 2.02. The van der Waals surface area contributed by atoms with Crippen molar-refractivity contribution in [3.63, 3.8) is 0 Å². The molecule has 1 unspecified atom stereocenters. The maximum absolute atomic E-state index is 4.46. The Morgan fingerprint density at radius 3 is 2.78 bits per heavy atom. The van der Waals surface area contributed by atoms with Gasteiger partial charge >= 0.3 is 0 Å². The molecule has 0 aromatic carbocycles. The molecule has 0 fully saturated rings. The van der Waals surface area contributed by atoms with Crippen LogP contribution in [-0.2, 0) is 7.05 Å². The van der Waals surface area contributed by atoms with Gasteiger partial charge in [-0.2, -0.15) is 0 Å². The van der Waals surface area contributed by atoms with Gasteiger partial charge in [-0.15, -0.1) is 0 Å². The lowest BCUT2D eigenvalue weighted by Gasteiger charge is -2.19. The number of hydrogen-bond donors (Lipinski definition) is 1. The first kappa shape index (κ1) is 12.8. The van der Waals surface area contributed by atoms with Crippen molar-refractivity contribution < 1.29 is 0 Å². The number of aryl methyl sites for hydroxylation is 2. The molecule has 0 aliphatic rings. The first-order valence-electron chi connectivity index (χ1n) is 6.35. The van der Waals surface area contributed by atoms with Crippen molar-refractivity contribution in [3.8, 4) is 0 Å². The Kier molecular flexibility index (Phi) is 4.10. The van der Waals surface area contributed by atoms with E-state index in [-0.39, 0.29) is 6.04 Å². The first-order valence-corrected chi connectivity index (χ1v) is 6.35. The third kappa shape index (κ3) is 2.76. The molecule has 2 aromatic rings. The van der Waals surface area contributed by atoms with Gasteiger partial charge in [0, 0.05) is 31.3 Å². The topological polar surface area (TPSA) is 42.7 Å². The zero-order valence-corrected chi connectivity index (χ0v) is 11.2. The van der Waals surface area contributed by atoms with Gasteiger partial charge in [-0.1, -0.05) is 6.92 Å². The van der Waals surface area contributed by atoms with Gasteiger partial charge in [-0.05, 0) is 37.6 Å². The molecule has 0 saturated carbocycles. The average molecular weight is 244 g/mol. The second-order valence-corrected chi connectivity index (χ2v) is 4.51. The normalized spacial score (nSPS) is 12.6. The van der Waals surface area contributed by atoms with Crippen molar-refractivity contribution in [2.45, 2.75) is 26.3 Å². The van der Waals surface area contributed by atoms with E-state index in [1.807, 2.05) is 32.6 Å². The fourth-order valence-electron chi connectivity index (χ4n) is 2.05. The Bertz CT molecular complexity index is 504. The monoisotopic (exact) mass is 244 g/mol. The molecule has 0 radical (unpaired) electrons. The summed E-state index contributed by atoms with van der Waals surface area (Å²) in [6.45, 7) is 5.15. The number of pyridine rings is 1. The zero-order chi connectivity index (χ0) is 13.0. The smallest absolute Gasteiger partial charge is 0.130 e. The minimum atomic E-state index is 0.131. The molecule has 1 atom stereocenters. The molecule has 1 N–H and O–H groups in total. The van der Waals surface area contributed by atoms with Crippen molar-refractivity contribution in [1.29, 1.82) is 0 Å². The highest BCUT2D eigenvalue weighted by Gasteiger charge is 2.17. The summed E-state index contributed by atoms with van der Waals surface area (Å²) in [5.41, 5.74) is 2.25. The van der Waals surface area contributed by atoms with E-state index in [1.165, 1.54) is 5.56 Å². The van der Waals surface area contributed by atoms with Crippen LogP contribution in [0, 0.1) is 6.92 Å². The predicted octanol–water partition coefficient (Wildman–Crippen LogP) is 2.21. The summed E-state index contributed by atoms with van der Waals surface area (Å²) in [4.78, 5) is 8.71. The highest BCUT2D eigenvalue weighted by Crippen LogP contribution is 2.20. The molecule has 0 bridgehead atoms. The van der Waals surface area contributed by atoms with Crippen molar-refractivity contribution in [1.82, 2.24) is 19.9 Å². The summed E-state index contributed by atoms with van der Waals surface area (Å²) >= 11 is 0. The Balaban J connectivity index is 2.33. The minimum absolute atomic E-state index is 0.131. The molecule has 0 saturated heterocycles. The Hall–Kier alpha value is -1.68. The van der Waals surface area contributed by atoms with E-state index < -0.39 is 0 Å². The second kappa shape index (κ2) is 5.78. The molecule has 0 aliphatic heterocycles. The molecule has 96 valence electrons. The van der Waals surface area contributed by atoms with Crippen LogP contribution in [0.15, 0.2) is 30.7 Å². The third-order valence-electron chi connectivity index (χ3n) is 2.97. The van der Waals surface area contributed by atoms with Gasteiger partial charge in [0.2, 0.25) is 0 Å². The number of imidazole rings is 1. The van der Waals surface area contributed by atoms with Crippen molar-refractivity contribution in [2.75, 3.05) is 6.54 Å². The molecule has 4 heteroatoms. The summed E-state index contributed by atoms with van der Waals surface area (Å²) in [5, 5.41) is 3.55. The molecule has 4 nitrogen and oxygen atoms in total. The lowest BCUT2D eigenvalue weighted by atomic mass is 10.1. The van der Waals surface area contributed by atoms with E-state index in [9.17, 15) is 0 Å². The predicted molar refractivity (Wildman–Crippen MR) is 72.3 cm³/mol. The van der Waals surface area contributed by atoms with E-state index in [4.69, 9.17) is 0 Å². The molecule has 0 spiro atoms. The largest absolute Gasteiger partial charge is 0.336 e. The molecule has 18 heavy (non-hydrogen) atoms. The number of aromatic nitrogens is 3. The van der Waals surface area contributed by atoms with E-state index in [1.54, 1.807) is 0 Å². The third-order valence-corrected chi connectivity index (χ3v) is 2.97. The number of nitrogens with zero attached hydrogens (tertiary/aromatic N) is 3. The highest BCUT2D eigenvalue weighted by atomic mass is 15.1. The van der Waals surface area contributed by atoms with E-state index in [0.717, 1.165) is 24.5 Å². The zero-order valence-electron chi connectivity index (χ0n) is 11.2. The fraction of sp³-hybridized carbons (Fsp3) is 0.429. The second-order valence-electron chi connectivity index (χ2n) is 4.51. The highest BCUT2D eigenvalue weighted by molar-refractivity contribution is 5.25. The van der Waals surface area contributed by atoms with Crippen LogP contribution in [-0.4, -0.2) is 21.1 Å². The molecule has 0 amide bonds. The first-order chi connectivity index (χ1) is 8.72. The number of hydrogen-bond acceptors (Lipinski definition) is 3. The molecule has 2 heterocycles. The SMILES string of the molecule is CCCNC(c1ccnc(C)c1)c1nccn1C. The van der Waals surface area contributed by atoms with Crippen LogP contribution < -0.4 is 5.32 Å². The maximum Gasteiger partial charge on any atom is 0.130 e. The van der Waals surface area contributed by atoms with Gasteiger partial charge in [-0.3, -0.25) is 4.98 Å². The van der Waals surface area contributed by atoms with Gasteiger partial charge in [0.15, 0.2) is 0 Å². The van der Waals surface area contributed by atoms with Crippen LogP contribution in [0.25, 0.3) is 0 Å². The van der Waals surface area contributed by atoms with Crippen LogP contribution in [0.4, 0.5) is 0 Å². The summed E-state index contributed by atoms with van der Waals surface area (Å²) < 4.78 is 2.06. The lowest BCUT2D eigenvalue weighted by Crippen LogP contribution is -2.25. The standard InChI is InChI=1S/C14H20N4/c1-4-6-16-13(14-17-8-9-18(14)3)12-5-7-15-11(2)10-12/h5,7-10,13,16H,4,6H2,1-3H3. The molecular formula is C14H20N4. The van der Waals surface area contributed by atoms with Gasteiger partial charge in [0.05, 0.1) is 6.04 Å². The van der Waals surface area contributed by atoms with Crippen LogP contribution in [0.2, 0.25) is 0 Å². The van der Waals surface area contributed by atoms with E-state index in [2.05, 4.69) is 38.9 Å². The quantitative estimate of drug-likeness (QED) is 0.877. The number of nitrogens with one attached hydrogen (secondary N) is 1.